The van der Waals surface area contributed by atoms with Crippen LogP contribution < -0.4 is 5.32 Å². The maximum Gasteiger partial charge on any atom is 0.416 e. The zero-order chi connectivity index (χ0) is 16.4. The minimum Gasteiger partial charge on any atom is -0.314 e. The molecule has 2 fully saturated rings. The molecule has 3 rings (SSSR count). The predicted octanol–water partition coefficient (Wildman–Crippen LogP) is 2.32. The average Bonchev–Trinajstić information content (AvgIpc) is 2.95. The number of hydrogen-bond acceptors (Lipinski definition) is 3. The van der Waals surface area contributed by atoms with E-state index in [0.29, 0.717) is 24.2 Å². The van der Waals surface area contributed by atoms with E-state index in [1.165, 1.54) is 6.07 Å². The van der Waals surface area contributed by atoms with Crippen molar-refractivity contribution in [2.75, 3.05) is 39.3 Å². The molecule has 3 nitrogen and oxygen atoms in total. The second-order valence-electron chi connectivity index (χ2n) is 6.31. The Morgan fingerprint density at radius 1 is 1.09 bits per heavy atom. The minimum absolute atomic E-state index is 0.365. The first kappa shape index (κ1) is 16.7. The van der Waals surface area contributed by atoms with E-state index in [9.17, 15) is 17.6 Å². The van der Waals surface area contributed by atoms with Crippen molar-refractivity contribution in [2.45, 2.75) is 25.2 Å². The van der Waals surface area contributed by atoms with Crippen molar-refractivity contribution in [3.8, 4) is 0 Å². The molecule has 2 aliphatic heterocycles. The lowest BCUT2D eigenvalue weighted by Gasteiger charge is -2.32. The summed E-state index contributed by atoms with van der Waals surface area (Å²) < 4.78 is 51.8. The molecule has 0 saturated carbocycles. The zero-order valence-electron chi connectivity index (χ0n) is 12.9. The summed E-state index contributed by atoms with van der Waals surface area (Å²) in [6.07, 6.45) is -3.49. The second kappa shape index (κ2) is 6.75. The van der Waals surface area contributed by atoms with Gasteiger partial charge in [0, 0.05) is 51.9 Å². The number of nitrogens with one attached hydrogen (secondary N) is 1. The van der Waals surface area contributed by atoms with Gasteiger partial charge in [0.05, 0.1) is 5.56 Å². The van der Waals surface area contributed by atoms with Crippen molar-refractivity contribution in [3.05, 3.63) is 35.1 Å². The lowest BCUT2D eigenvalue weighted by atomic mass is 10.1. The fourth-order valence-electron chi connectivity index (χ4n) is 3.46. The Balaban J connectivity index is 1.63. The fourth-order valence-corrected chi connectivity index (χ4v) is 3.46. The molecule has 1 N–H and O–H groups in total. The van der Waals surface area contributed by atoms with Crippen molar-refractivity contribution < 1.29 is 17.6 Å². The predicted molar refractivity (Wildman–Crippen MR) is 79.5 cm³/mol. The Labute approximate surface area is 133 Å². The van der Waals surface area contributed by atoms with Crippen LogP contribution in [0.3, 0.4) is 0 Å². The Hall–Kier alpha value is -1.18. The van der Waals surface area contributed by atoms with E-state index >= 15 is 0 Å². The van der Waals surface area contributed by atoms with Gasteiger partial charge in [0.2, 0.25) is 0 Å². The first-order valence-electron chi connectivity index (χ1n) is 7.95. The molecule has 0 amide bonds. The SMILES string of the molecule is Fc1cc(CN2CCC(N3CCNCC3)C2)cc(C(F)(F)F)c1. The highest BCUT2D eigenvalue weighted by Crippen LogP contribution is 2.31. The molecule has 7 heteroatoms. The summed E-state index contributed by atoms with van der Waals surface area (Å²) in [7, 11) is 0. The first-order valence-corrected chi connectivity index (χ1v) is 7.95. The molecule has 0 aliphatic carbocycles. The number of halogens is 4. The zero-order valence-corrected chi connectivity index (χ0v) is 12.9. The molecule has 2 saturated heterocycles. The van der Waals surface area contributed by atoms with Crippen LogP contribution >= 0.6 is 0 Å². The van der Waals surface area contributed by atoms with E-state index in [-0.39, 0.29) is 0 Å². The van der Waals surface area contributed by atoms with Crippen molar-refractivity contribution in [1.29, 1.82) is 0 Å². The molecule has 2 aliphatic rings. The van der Waals surface area contributed by atoms with Gasteiger partial charge in [0.25, 0.3) is 0 Å². The molecule has 1 aromatic rings. The van der Waals surface area contributed by atoms with Gasteiger partial charge in [0.1, 0.15) is 5.82 Å². The van der Waals surface area contributed by atoms with Crippen molar-refractivity contribution >= 4 is 0 Å². The molecule has 1 unspecified atom stereocenters. The number of alkyl halides is 3. The van der Waals surface area contributed by atoms with Crippen LogP contribution in [0.15, 0.2) is 18.2 Å². The van der Waals surface area contributed by atoms with Crippen LogP contribution in [0.5, 0.6) is 0 Å². The maximum absolute atomic E-state index is 13.5. The number of rotatable bonds is 3. The highest BCUT2D eigenvalue weighted by Gasteiger charge is 2.32. The number of hydrogen-bond donors (Lipinski definition) is 1. The van der Waals surface area contributed by atoms with Gasteiger partial charge < -0.3 is 5.32 Å². The third-order valence-corrected chi connectivity index (χ3v) is 4.61. The minimum atomic E-state index is -4.51. The third kappa shape index (κ3) is 4.22. The van der Waals surface area contributed by atoms with Gasteiger partial charge in [-0.3, -0.25) is 9.80 Å². The van der Waals surface area contributed by atoms with Gasteiger partial charge >= 0.3 is 6.18 Å². The van der Waals surface area contributed by atoms with Crippen LogP contribution in [-0.4, -0.2) is 55.1 Å². The van der Waals surface area contributed by atoms with Crippen LogP contribution in [0.1, 0.15) is 17.5 Å². The van der Waals surface area contributed by atoms with Gasteiger partial charge in [-0.15, -0.1) is 0 Å². The van der Waals surface area contributed by atoms with E-state index in [0.717, 1.165) is 51.8 Å². The molecule has 1 atom stereocenters. The fraction of sp³-hybridized carbons (Fsp3) is 0.625. The highest BCUT2D eigenvalue weighted by atomic mass is 19.4. The molecular weight excluding hydrogens is 310 g/mol. The molecule has 23 heavy (non-hydrogen) atoms. The van der Waals surface area contributed by atoms with Crippen LogP contribution in [0.4, 0.5) is 17.6 Å². The topological polar surface area (TPSA) is 18.5 Å². The smallest absolute Gasteiger partial charge is 0.314 e. The normalized spacial score (nSPS) is 24.3. The van der Waals surface area contributed by atoms with E-state index in [1.807, 2.05) is 0 Å². The molecule has 0 bridgehead atoms. The van der Waals surface area contributed by atoms with Crippen molar-refractivity contribution in [3.63, 3.8) is 0 Å². The summed E-state index contributed by atoms with van der Waals surface area (Å²) >= 11 is 0. The molecule has 0 spiro atoms. The number of nitrogens with zero attached hydrogens (tertiary/aromatic N) is 2. The average molecular weight is 331 g/mol. The Bertz CT molecular complexity index is 541. The van der Waals surface area contributed by atoms with Gasteiger partial charge in [-0.25, -0.2) is 4.39 Å². The summed E-state index contributed by atoms with van der Waals surface area (Å²) in [5, 5.41) is 3.31. The highest BCUT2D eigenvalue weighted by molar-refractivity contribution is 5.27. The molecule has 0 aromatic heterocycles. The van der Waals surface area contributed by atoms with Crippen LogP contribution in [-0.2, 0) is 12.7 Å². The third-order valence-electron chi connectivity index (χ3n) is 4.61. The largest absolute Gasteiger partial charge is 0.416 e. The Kier molecular flexibility index (Phi) is 4.89. The summed E-state index contributed by atoms with van der Waals surface area (Å²) in [5.41, 5.74) is -0.524. The summed E-state index contributed by atoms with van der Waals surface area (Å²) in [6.45, 7) is 6.02. The van der Waals surface area contributed by atoms with Crippen LogP contribution in [0.2, 0.25) is 0 Å². The second-order valence-corrected chi connectivity index (χ2v) is 6.31. The summed E-state index contributed by atoms with van der Waals surface area (Å²) in [5.74, 6) is -0.826. The van der Waals surface area contributed by atoms with E-state index < -0.39 is 17.6 Å². The number of benzene rings is 1. The van der Waals surface area contributed by atoms with Gasteiger partial charge in [-0.05, 0) is 30.2 Å². The lowest BCUT2D eigenvalue weighted by Crippen LogP contribution is -2.49. The lowest BCUT2D eigenvalue weighted by molar-refractivity contribution is -0.137. The number of piperazine rings is 1. The van der Waals surface area contributed by atoms with Crippen LogP contribution in [0.25, 0.3) is 0 Å². The molecule has 1 aromatic carbocycles. The van der Waals surface area contributed by atoms with E-state index in [2.05, 4.69) is 15.1 Å². The maximum atomic E-state index is 13.5. The van der Waals surface area contributed by atoms with E-state index in [1.54, 1.807) is 0 Å². The first-order chi connectivity index (χ1) is 10.9. The summed E-state index contributed by atoms with van der Waals surface area (Å²) in [6, 6.07) is 3.26. The van der Waals surface area contributed by atoms with Gasteiger partial charge in [0.15, 0.2) is 0 Å². The molecule has 0 radical (unpaired) electrons. The van der Waals surface area contributed by atoms with Crippen LogP contribution in [0, 0.1) is 5.82 Å². The molecule has 2 heterocycles. The van der Waals surface area contributed by atoms with Crippen molar-refractivity contribution in [1.82, 2.24) is 15.1 Å². The monoisotopic (exact) mass is 331 g/mol. The van der Waals surface area contributed by atoms with Crippen molar-refractivity contribution in [2.24, 2.45) is 0 Å². The Morgan fingerprint density at radius 2 is 1.83 bits per heavy atom. The molecule has 128 valence electrons. The summed E-state index contributed by atoms with van der Waals surface area (Å²) in [4.78, 5) is 4.55. The van der Waals surface area contributed by atoms with Gasteiger partial charge in [-0.1, -0.05) is 0 Å². The Morgan fingerprint density at radius 3 is 2.52 bits per heavy atom. The van der Waals surface area contributed by atoms with E-state index in [4.69, 9.17) is 0 Å². The number of likely N-dealkylation sites (tertiary alicyclic amines) is 1. The van der Waals surface area contributed by atoms with Gasteiger partial charge in [-0.2, -0.15) is 13.2 Å². The quantitative estimate of drug-likeness (QED) is 0.858. The standard InChI is InChI=1S/C16H21F4N3/c17-14-8-12(7-13(9-14)16(18,19)20)10-22-4-1-15(11-22)23-5-2-21-3-6-23/h7-9,15,21H,1-6,10-11H2. The molecular formula is C16H21F4N3.